The van der Waals surface area contributed by atoms with E-state index < -0.39 is 5.60 Å². The minimum absolute atomic E-state index is 0.439. The van der Waals surface area contributed by atoms with Gasteiger partial charge in [-0.25, -0.2) is 14.6 Å². The van der Waals surface area contributed by atoms with Crippen LogP contribution in [0, 0.1) is 6.92 Å². The number of hydrogen-bond donors (Lipinski definition) is 0. The molecule has 5 heterocycles. The van der Waals surface area contributed by atoms with Crippen LogP contribution in [0.3, 0.4) is 0 Å². The lowest BCUT2D eigenvalue weighted by atomic mass is 9.97. The zero-order valence-electron chi connectivity index (χ0n) is 17.4. The van der Waals surface area contributed by atoms with Crippen LogP contribution in [0.4, 0.5) is 5.69 Å². The molecule has 0 radical (unpaired) electrons. The first-order chi connectivity index (χ1) is 14.6. The Morgan fingerprint density at radius 3 is 2.73 bits per heavy atom. The summed E-state index contributed by atoms with van der Waals surface area (Å²) in [6.45, 7) is 5.26. The summed E-state index contributed by atoms with van der Waals surface area (Å²) in [6.07, 6.45) is 6.25. The van der Waals surface area contributed by atoms with E-state index in [4.69, 9.17) is 31.2 Å². The Kier molecular flexibility index (Phi) is 5.13. The molecular formula is C22H26ClN5O2. The van der Waals surface area contributed by atoms with Crippen LogP contribution in [0.1, 0.15) is 37.1 Å². The number of ether oxygens (including phenoxy) is 2. The summed E-state index contributed by atoms with van der Waals surface area (Å²) in [5.41, 5.74) is 3.31. The second-order valence-electron chi connectivity index (χ2n) is 8.14. The highest BCUT2D eigenvalue weighted by atomic mass is 35.5. The number of piperidine rings is 1. The van der Waals surface area contributed by atoms with Crippen LogP contribution in [0.25, 0.3) is 16.7 Å². The van der Waals surface area contributed by atoms with Crippen LogP contribution in [0.2, 0.25) is 5.15 Å². The lowest BCUT2D eigenvalue weighted by Gasteiger charge is -2.31. The molecule has 1 unspecified atom stereocenters. The number of pyridine rings is 2. The Morgan fingerprint density at radius 1 is 1.17 bits per heavy atom. The van der Waals surface area contributed by atoms with Crippen LogP contribution >= 0.6 is 11.6 Å². The average molecular weight is 428 g/mol. The number of aromatic nitrogens is 4. The third-order valence-electron chi connectivity index (χ3n) is 6.29. The average Bonchev–Trinajstić information content (AvgIpc) is 3.39. The normalized spacial score (nSPS) is 22.2. The third-order valence-corrected chi connectivity index (χ3v) is 6.50. The van der Waals surface area contributed by atoms with Crippen LogP contribution in [-0.4, -0.2) is 53.2 Å². The van der Waals surface area contributed by atoms with Crippen molar-refractivity contribution >= 4 is 28.2 Å². The van der Waals surface area contributed by atoms with Crippen molar-refractivity contribution in [2.75, 3.05) is 38.3 Å². The molecule has 0 aliphatic carbocycles. The summed E-state index contributed by atoms with van der Waals surface area (Å²) in [6, 6.07) is 6.13. The molecule has 7 nitrogen and oxygen atoms in total. The van der Waals surface area contributed by atoms with Crippen molar-refractivity contribution in [2.24, 2.45) is 0 Å². The largest absolute Gasteiger partial charge is 0.378 e. The highest BCUT2D eigenvalue weighted by Crippen LogP contribution is 2.36. The van der Waals surface area contributed by atoms with Crippen LogP contribution in [0.5, 0.6) is 0 Å². The lowest BCUT2D eigenvalue weighted by Crippen LogP contribution is -2.33. The third kappa shape index (κ3) is 3.35. The Morgan fingerprint density at radius 2 is 2.00 bits per heavy atom. The van der Waals surface area contributed by atoms with Crippen LogP contribution in [-0.2, 0) is 15.1 Å². The quantitative estimate of drug-likeness (QED) is 0.586. The summed E-state index contributed by atoms with van der Waals surface area (Å²) < 4.78 is 13.5. The van der Waals surface area contributed by atoms with Gasteiger partial charge in [0.1, 0.15) is 10.8 Å². The van der Waals surface area contributed by atoms with Gasteiger partial charge in [-0.1, -0.05) is 11.6 Å². The molecule has 158 valence electrons. The number of nitrogens with zero attached hydrogens (tertiary/aromatic N) is 5. The molecule has 0 amide bonds. The van der Waals surface area contributed by atoms with Crippen molar-refractivity contribution in [3.05, 3.63) is 40.9 Å². The molecule has 0 N–H and O–H groups in total. The molecule has 0 bridgehead atoms. The van der Waals surface area contributed by atoms with Gasteiger partial charge in [0.05, 0.1) is 23.5 Å². The van der Waals surface area contributed by atoms with E-state index in [1.165, 1.54) is 19.3 Å². The van der Waals surface area contributed by atoms with E-state index in [-0.39, 0.29) is 0 Å². The molecule has 8 heteroatoms. The molecule has 0 spiro atoms. The predicted molar refractivity (Wildman–Crippen MR) is 117 cm³/mol. The first-order valence-electron chi connectivity index (χ1n) is 10.5. The first kappa shape index (κ1) is 19.7. The molecule has 5 rings (SSSR count). The molecule has 3 aromatic rings. The van der Waals surface area contributed by atoms with Crippen molar-refractivity contribution in [1.29, 1.82) is 0 Å². The molecule has 2 aliphatic rings. The molecule has 2 aliphatic heterocycles. The Balaban J connectivity index is 1.70. The second kappa shape index (κ2) is 7.80. The van der Waals surface area contributed by atoms with E-state index in [0.29, 0.717) is 18.4 Å². The number of anilines is 1. The van der Waals surface area contributed by atoms with Crippen molar-refractivity contribution in [3.8, 4) is 5.82 Å². The molecule has 1 atom stereocenters. The summed E-state index contributed by atoms with van der Waals surface area (Å²) in [5.74, 6) is 0.761. The molecule has 2 saturated heterocycles. The zero-order valence-corrected chi connectivity index (χ0v) is 18.2. The summed E-state index contributed by atoms with van der Waals surface area (Å²) >= 11 is 6.20. The van der Waals surface area contributed by atoms with Gasteiger partial charge in [-0.2, -0.15) is 5.10 Å². The van der Waals surface area contributed by atoms with E-state index in [2.05, 4.69) is 22.0 Å². The maximum Gasteiger partial charge on any atom is 0.156 e. The van der Waals surface area contributed by atoms with E-state index in [1.54, 1.807) is 13.3 Å². The monoisotopic (exact) mass is 427 g/mol. The Labute approximate surface area is 181 Å². The molecule has 30 heavy (non-hydrogen) atoms. The van der Waals surface area contributed by atoms with E-state index >= 15 is 0 Å². The van der Waals surface area contributed by atoms with Gasteiger partial charge in [0.2, 0.25) is 0 Å². The lowest BCUT2D eigenvalue weighted by molar-refractivity contribution is -0.0245. The number of rotatable bonds is 4. The molecule has 3 aromatic heterocycles. The van der Waals surface area contributed by atoms with Crippen molar-refractivity contribution < 1.29 is 9.47 Å². The minimum Gasteiger partial charge on any atom is -0.378 e. The zero-order chi connectivity index (χ0) is 20.7. The number of aryl methyl sites for hydroxylation is 1. The molecule has 0 aromatic carbocycles. The topological polar surface area (TPSA) is 65.3 Å². The summed E-state index contributed by atoms with van der Waals surface area (Å²) in [7, 11) is 1.74. The second-order valence-corrected chi connectivity index (χ2v) is 8.53. The standard InChI is InChI=1S/C22H26ClN5O2/c1-15-17-13-24-20(23)12-18(17)28(26-15)21-11-16(27-7-4-3-5-8-27)10-19(25-21)22(29-2)6-9-30-14-22/h10-13H,3-9,14H2,1-2H3. The summed E-state index contributed by atoms with van der Waals surface area (Å²) in [4.78, 5) is 11.7. The smallest absolute Gasteiger partial charge is 0.156 e. The predicted octanol–water partition coefficient (Wildman–Crippen LogP) is 4.03. The molecule has 0 saturated carbocycles. The summed E-state index contributed by atoms with van der Waals surface area (Å²) in [5, 5.41) is 6.18. The highest BCUT2D eigenvalue weighted by molar-refractivity contribution is 6.30. The van der Waals surface area contributed by atoms with Gasteiger partial charge in [-0.15, -0.1) is 0 Å². The van der Waals surface area contributed by atoms with E-state index in [9.17, 15) is 0 Å². The van der Waals surface area contributed by atoms with Crippen molar-refractivity contribution in [1.82, 2.24) is 19.7 Å². The maximum atomic E-state index is 6.20. The fraction of sp³-hybridized carbons (Fsp3) is 0.500. The number of fused-ring (bicyclic) bond motifs is 1. The minimum atomic E-state index is -0.530. The van der Waals surface area contributed by atoms with Gasteiger partial charge in [-0.3, -0.25) is 0 Å². The van der Waals surface area contributed by atoms with Gasteiger partial charge in [0, 0.05) is 62.6 Å². The molecule has 2 fully saturated rings. The first-order valence-corrected chi connectivity index (χ1v) is 10.9. The van der Waals surface area contributed by atoms with Gasteiger partial charge in [0.15, 0.2) is 5.82 Å². The Hall–Kier alpha value is -2.22. The number of methoxy groups -OCH3 is 1. The highest BCUT2D eigenvalue weighted by Gasteiger charge is 2.39. The van der Waals surface area contributed by atoms with E-state index in [1.807, 2.05) is 17.7 Å². The van der Waals surface area contributed by atoms with Crippen LogP contribution < -0.4 is 4.90 Å². The fourth-order valence-corrected chi connectivity index (χ4v) is 4.65. The van der Waals surface area contributed by atoms with Crippen molar-refractivity contribution in [2.45, 2.75) is 38.2 Å². The number of hydrogen-bond acceptors (Lipinski definition) is 6. The van der Waals surface area contributed by atoms with E-state index in [0.717, 1.165) is 53.3 Å². The number of halogens is 1. The van der Waals surface area contributed by atoms with Gasteiger partial charge in [0.25, 0.3) is 0 Å². The Bertz CT molecular complexity index is 1070. The van der Waals surface area contributed by atoms with Crippen LogP contribution in [0.15, 0.2) is 24.4 Å². The van der Waals surface area contributed by atoms with Crippen molar-refractivity contribution in [3.63, 3.8) is 0 Å². The van der Waals surface area contributed by atoms with Gasteiger partial charge in [-0.05, 0) is 32.3 Å². The fourth-order valence-electron chi connectivity index (χ4n) is 4.50. The van der Waals surface area contributed by atoms with Gasteiger partial charge >= 0.3 is 0 Å². The van der Waals surface area contributed by atoms with Gasteiger partial charge < -0.3 is 14.4 Å². The SMILES string of the molecule is COC1(c2cc(N3CCCCC3)cc(-n3nc(C)c4cnc(Cl)cc43)n2)CCOC1. The molecular weight excluding hydrogens is 402 g/mol. The maximum absolute atomic E-state index is 6.20.